The molecule has 6 nitrogen and oxygen atoms in total. The zero-order chi connectivity index (χ0) is 20.5. The first-order valence-corrected chi connectivity index (χ1v) is 8.55. The molecule has 27 heavy (non-hydrogen) atoms. The van der Waals surface area contributed by atoms with Crippen molar-refractivity contribution in [1.82, 2.24) is 4.90 Å². The van der Waals surface area contributed by atoms with Crippen molar-refractivity contribution in [2.75, 3.05) is 11.9 Å². The van der Waals surface area contributed by atoms with Crippen LogP contribution in [0.3, 0.4) is 0 Å². The molecule has 0 aromatic heterocycles. The lowest BCUT2D eigenvalue weighted by Crippen LogP contribution is -2.46. The molecule has 1 aromatic carbocycles. The number of benzene rings is 1. The number of anilines is 1. The molecule has 0 bridgehead atoms. The number of carbonyl (C=O) groups excluding carboxylic acids is 2. The van der Waals surface area contributed by atoms with Crippen LogP contribution >= 0.6 is 12.2 Å². The molecule has 0 spiro atoms. The van der Waals surface area contributed by atoms with E-state index >= 15 is 0 Å². The summed E-state index contributed by atoms with van der Waals surface area (Å²) in [6, 6.07) is 1.73. The summed E-state index contributed by atoms with van der Waals surface area (Å²) in [6.45, 7) is 6.30. The predicted octanol–water partition coefficient (Wildman–Crippen LogP) is 3.99. The second kappa shape index (κ2) is 7.59. The predicted molar refractivity (Wildman–Crippen MR) is 99.5 cm³/mol. The molecule has 1 aliphatic rings. The molecule has 0 fully saturated rings. The molecule has 1 aliphatic heterocycles. The Bertz CT molecular complexity index is 846. The number of aliphatic hydroxyl groups excluding tert-OH is 1. The molecule has 0 atom stereocenters. The van der Waals surface area contributed by atoms with Gasteiger partial charge in [0.2, 0.25) is 0 Å². The van der Waals surface area contributed by atoms with Gasteiger partial charge in [-0.15, -0.1) is 0 Å². The van der Waals surface area contributed by atoms with Gasteiger partial charge in [0.15, 0.2) is 0 Å². The van der Waals surface area contributed by atoms with E-state index in [-0.39, 0.29) is 40.5 Å². The number of hydrogen-bond donors (Lipinski definition) is 2. The Labute approximate surface area is 160 Å². The highest BCUT2D eigenvalue weighted by Crippen LogP contribution is 2.25. The number of ether oxygens (including phenoxy) is 1. The van der Waals surface area contributed by atoms with E-state index in [0.29, 0.717) is 0 Å². The number of rotatable bonds is 2. The number of amides is 2. The molecule has 2 N–H and O–H groups in total. The zero-order valence-corrected chi connectivity index (χ0v) is 16.2. The lowest BCUT2D eigenvalue weighted by molar-refractivity contribution is -0.126. The second-order valence-electron chi connectivity index (χ2n) is 7.02. The molecular formula is C18H20F2N2O4S. The number of aliphatic hydroxyl groups is 1. The average molecular weight is 398 g/mol. The van der Waals surface area contributed by atoms with E-state index in [4.69, 9.17) is 17.0 Å². The minimum absolute atomic E-state index is 0.0139. The number of thiocarbonyl (C=S) groups is 1. The Morgan fingerprint density at radius 1 is 1.33 bits per heavy atom. The molecule has 0 saturated heterocycles. The highest BCUT2D eigenvalue weighted by molar-refractivity contribution is 7.81. The van der Waals surface area contributed by atoms with Gasteiger partial charge in [-0.25, -0.2) is 18.5 Å². The van der Waals surface area contributed by atoms with Gasteiger partial charge in [-0.2, -0.15) is 0 Å². The Kier molecular flexibility index (Phi) is 5.84. The fraction of sp³-hybridized carbons (Fsp3) is 0.389. The third-order valence-electron chi connectivity index (χ3n) is 3.72. The number of carbonyl (C=O) groups is 2. The van der Waals surface area contributed by atoms with Gasteiger partial charge >= 0.3 is 6.09 Å². The lowest BCUT2D eigenvalue weighted by Gasteiger charge is -2.30. The highest BCUT2D eigenvalue weighted by atomic mass is 32.1. The van der Waals surface area contributed by atoms with Crippen molar-refractivity contribution < 1.29 is 28.2 Å². The summed E-state index contributed by atoms with van der Waals surface area (Å²) in [5.41, 5.74) is -1.02. The molecule has 146 valence electrons. The quantitative estimate of drug-likeness (QED) is 0.734. The van der Waals surface area contributed by atoms with Crippen LogP contribution in [0.4, 0.5) is 19.3 Å². The van der Waals surface area contributed by atoms with Crippen LogP contribution in [0.15, 0.2) is 23.5 Å². The van der Waals surface area contributed by atoms with E-state index < -0.39 is 29.2 Å². The molecule has 2 amide bonds. The summed E-state index contributed by atoms with van der Waals surface area (Å²) >= 11 is 5.13. The minimum Gasteiger partial charge on any atom is -0.511 e. The first-order chi connectivity index (χ1) is 12.4. The molecule has 1 aromatic rings. The lowest BCUT2D eigenvalue weighted by atomic mass is 10.1. The van der Waals surface area contributed by atoms with Crippen LogP contribution in [0.25, 0.3) is 0 Å². The summed E-state index contributed by atoms with van der Waals surface area (Å²) in [5.74, 6) is -2.78. The molecule has 1 heterocycles. The average Bonchev–Trinajstić information content (AvgIpc) is 2.50. The second-order valence-corrected chi connectivity index (χ2v) is 7.43. The molecule has 0 radical (unpaired) electrons. The van der Waals surface area contributed by atoms with Crippen molar-refractivity contribution in [3.05, 3.63) is 40.7 Å². The maximum absolute atomic E-state index is 13.7. The van der Waals surface area contributed by atoms with E-state index in [2.05, 4.69) is 5.32 Å². The Morgan fingerprint density at radius 2 is 1.96 bits per heavy atom. The normalized spacial score (nSPS) is 15.0. The SMILES string of the molecule is Cc1c(F)cc(F)cc1NC(=S)C1=C(O)CCN(C(=O)OC(C)(C)C)C1=O. The van der Waals surface area contributed by atoms with Crippen molar-refractivity contribution in [3.8, 4) is 0 Å². The first kappa shape index (κ1) is 20.8. The smallest absolute Gasteiger partial charge is 0.417 e. The Hall–Kier alpha value is -2.55. The van der Waals surface area contributed by atoms with E-state index in [1.807, 2.05) is 0 Å². The van der Waals surface area contributed by atoms with E-state index in [1.54, 1.807) is 20.8 Å². The Morgan fingerprint density at radius 3 is 2.56 bits per heavy atom. The van der Waals surface area contributed by atoms with Gasteiger partial charge in [0.25, 0.3) is 5.91 Å². The third-order valence-corrected chi connectivity index (χ3v) is 4.02. The summed E-state index contributed by atoms with van der Waals surface area (Å²) in [7, 11) is 0. The van der Waals surface area contributed by atoms with Crippen LogP contribution in [0.2, 0.25) is 0 Å². The van der Waals surface area contributed by atoms with Crippen molar-refractivity contribution in [2.24, 2.45) is 0 Å². The molecule has 9 heteroatoms. The number of nitrogens with one attached hydrogen (secondary N) is 1. The third kappa shape index (κ3) is 4.79. The standard InChI is InChI=1S/C18H20F2N2O4S/c1-9-11(20)7-10(19)8-12(9)21-15(27)14-13(23)5-6-22(16(14)24)17(25)26-18(2,3)4/h7-8,23H,5-6H2,1-4H3,(H,21,27). The topological polar surface area (TPSA) is 78.9 Å². The molecule has 0 saturated carbocycles. The molecule has 0 aliphatic carbocycles. The minimum atomic E-state index is -0.867. The number of halogens is 2. The van der Waals surface area contributed by atoms with Crippen LogP contribution in [0.1, 0.15) is 32.8 Å². The highest BCUT2D eigenvalue weighted by Gasteiger charge is 2.36. The van der Waals surface area contributed by atoms with Crippen LogP contribution in [-0.4, -0.2) is 39.1 Å². The number of hydrogen-bond acceptors (Lipinski definition) is 5. The van der Waals surface area contributed by atoms with E-state index in [1.165, 1.54) is 6.92 Å². The van der Waals surface area contributed by atoms with Crippen molar-refractivity contribution >= 4 is 34.9 Å². The van der Waals surface area contributed by atoms with E-state index in [9.17, 15) is 23.5 Å². The van der Waals surface area contributed by atoms with Gasteiger partial charge in [-0.1, -0.05) is 12.2 Å². The maximum Gasteiger partial charge on any atom is 0.417 e. The first-order valence-electron chi connectivity index (χ1n) is 8.14. The molecular weight excluding hydrogens is 378 g/mol. The Balaban J connectivity index is 2.27. The van der Waals surface area contributed by atoms with Gasteiger partial charge in [0, 0.05) is 30.3 Å². The number of imide groups is 1. The number of nitrogens with zero attached hydrogens (tertiary/aromatic N) is 1. The van der Waals surface area contributed by atoms with Crippen LogP contribution < -0.4 is 5.32 Å². The summed E-state index contributed by atoms with van der Waals surface area (Å²) in [4.78, 5) is 25.4. The van der Waals surface area contributed by atoms with Crippen molar-refractivity contribution in [1.29, 1.82) is 0 Å². The monoisotopic (exact) mass is 398 g/mol. The van der Waals surface area contributed by atoms with Crippen LogP contribution in [-0.2, 0) is 9.53 Å². The van der Waals surface area contributed by atoms with Gasteiger partial charge in [-0.05, 0) is 33.8 Å². The van der Waals surface area contributed by atoms with Crippen molar-refractivity contribution in [2.45, 2.75) is 39.7 Å². The summed E-state index contributed by atoms with van der Waals surface area (Å²) in [6.07, 6.45) is -0.883. The summed E-state index contributed by atoms with van der Waals surface area (Å²) in [5, 5.41) is 12.7. The largest absolute Gasteiger partial charge is 0.511 e. The molecule has 0 unspecified atom stereocenters. The maximum atomic E-state index is 13.7. The van der Waals surface area contributed by atoms with Gasteiger partial charge < -0.3 is 15.2 Å². The van der Waals surface area contributed by atoms with Crippen molar-refractivity contribution in [3.63, 3.8) is 0 Å². The fourth-order valence-electron chi connectivity index (χ4n) is 2.38. The van der Waals surface area contributed by atoms with E-state index in [0.717, 1.165) is 17.0 Å². The summed E-state index contributed by atoms with van der Waals surface area (Å²) < 4.78 is 32.3. The van der Waals surface area contributed by atoms with Gasteiger partial charge in [0.05, 0.1) is 0 Å². The zero-order valence-electron chi connectivity index (χ0n) is 15.4. The molecule has 2 rings (SSSR count). The van der Waals surface area contributed by atoms with Gasteiger partial charge in [-0.3, -0.25) is 4.79 Å². The van der Waals surface area contributed by atoms with Crippen LogP contribution in [0.5, 0.6) is 0 Å². The van der Waals surface area contributed by atoms with Crippen LogP contribution in [0, 0.1) is 18.6 Å². The fourth-order valence-corrected chi connectivity index (χ4v) is 2.70. The van der Waals surface area contributed by atoms with Gasteiger partial charge in [0.1, 0.15) is 33.6 Å².